The third-order valence-electron chi connectivity index (χ3n) is 7.11. The zero-order chi connectivity index (χ0) is 29.1. The molecule has 1 saturated heterocycles. The number of halogens is 1. The summed E-state index contributed by atoms with van der Waals surface area (Å²) < 4.78 is 35.6. The van der Waals surface area contributed by atoms with Gasteiger partial charge in [-0.3, -0.25) is 4.72 Å². The first-order chi connectivity index (χ1) is 20.4. The molecule has 0 spiro atoms. The Morgan fingerprint density at radius 3 is 2.67 bits per heavy atom. The average Bonchev–Trinajstić information content (AvgIpc) is 2.99. The van der Waals surface area contributed by atoms with Gasteiger partial charge in [-0.1, -0.05) is 48.0 Å². The van der Waals surface area contributed by atoms with Gasteiger partial charge in [0.1, 0.15) is 10.6 Å². The molecule has 0 aliphatic carbocycles. The van der Waals surface area contributed by atoms with Crippen molar-refractivity contribution in [2.24, 2.45) is 0 Å². The van der Waals surface area contributed by atoms with Gasteiger partial charge < -0.3 is 15.4 Å². The van der Waals surface area contributed by atoms with Gasteiger partial charge in [-0.15, -0.1) is 0 Å². The number of nitrogens with zero attached hydrogens (tertiary/aromatic N) is 3. The number of piperidine rings is 1. The Labute approximate surface area is 249 Å². The van der Waals surface area contributed by atoms with E-state index in [2.05, 4.69) is 25.3 Å². The Balaban J connectivity index is 1.34. The molecule has 42 heavy (non-hydrogen) atoms. The van der Waals surface area contributed by atoms with Gasteiger partial charge in [-0.05, 0) is 68.3 Å². The second kappa shape index (κ2) is 11.9. The van der Waals surface area contributed by atoms with Gasteiger partial charge in [0, 0.05) is 35.8 Å². The molecule has 6 rings (SSSR count). The lowest BCUT2D eigenvalue weighted by molar-refractivity contribution is 0.466. The lowest BCUT2D eigenvalue weighted by atomic mass is 10.0. The highest BCUT2D eigenvalue weighted by atomic mass is 35.5. The summed E-state index contributed by atoms with van der Waals surface area (Å²) in [6.45, 7) is 3.83. The van der Waals surface area contributed by atoms with Crippen molar-refractivity contribution in [1.29, 1.82) is 0 Å². The lowest BCUT2D eigenvalue weighted by Gasteiger charge is -2.23. The highest BCUT2D eigenvalue weighted by molar-refractivity contribution is 7.92. The van der Waals surface area contributed by atoms with Crippen molar-refractivity contribution in [3.63, 3.8) is 0 Å². The first kappa shape index (κ1) is 27.9. The second-order valence-corrected chi connectivity index (χ2v) is 12.1. The number of aromatic nitrogens is 3. The molecule has 1 fully saturated rings. The van der Waals surface area contributed by atoms with Gasteiger partial charge in [-0.2, -0.15) is 0 Å². The molecular weight excluding hydrogens is 572 g/mol. The van der Waals surface area contributed by atoms with E-state index in [4.69, 9.17) is 21.3 Å². The molecule has 1 aliphatic rings. The number of nitrogens with one attached hydrogen (secondary N) is 3. The molecule has 3 aromatic carbocycles. The minimum absolute atomic E-state index is 0.00356. The first-order valence-corrected chi connectivity index (χ1v) is 15.5. The maximum Gasteiger partial charge on any atom is 0.263 e. The standard InChI is InChI=1S/C31H29ClN6O3S/c1-20-13-14-22-23(8-4-11-27(22)38-42(39,40)28-12-3-2-10-25(28)32)29(20)41-30-24(9-6-17-34-30)26-15-18-35-31(37-26)36-21-7-5-16-33-19-21/h2-4,6,8-15,17-18,21,33,38H,5,7,16,19H2,1H3,(H,35,36,37)/t21-/m1/s1. The summed E-state index contributed by atoms with van der Waals surface area (Å²) in [6, 6.07) is 21.3. The van der Waals surface area contributed by atoms with Crippen molar-refractivity contribution in [1.82, 2.24) is 20.3 Å². The third-order valence-corrected chi connectivity index (χ3v) is 8.98. The van der Waals surface area contributed by atoms with Crippen molar-refractivity contribution >= 4 is 44.0 Å². The molecule has 1 atom stereocenters. The molecule has 3 heterocycles. The quantitative estimate of drug-likeness (QED) is 0.187. The van der Waals surface area contributed by atoms with E-state index >= 15 is 0 Å². The minimum Gasteiger partial charge on any atom is -0.437 e. The van der Waals surface area contributed by atoms with Gasteiger partial charge in [0.2, 0.25) is 11.8 Å². The fraction of sp³-hybridized carbons (Fsp3) is 0.194. The van der Waals surface area contributed by atoms with Crippen LogP contribution < -0.4 is 20.1 Å². The maximum absolute atomic E-state index is 13.2. The Morgan fingerprint density at radius 2 is 1.83 bits per heavy atom. The Hall–Kier alpha value is -4.25. The molecule has 3 N–H and O–H groups in total. The number of aryl methyl sites for hydroxylation is 1. The molecule has 0 saturated carbocycles. The summed E-state index contributed by atoms with van der Waals surface area (Å²) in [4.78, 5) is 13.7. The van der Waals surface area contributed by atoms with Gasteiger partial charge in [0.05, 0.1) is 22.0 Å². The second-order valence-electron chi connectivity index (χ2n) is 10.1. The number of anilines is 2. The molecule has 0 bridgehead atoms. The number of sulfonamides is 1. The fourth-order valence-electron chi connectivity index (χ4n) is 5.03. The molecule has 0 amide bonds. The molecule has 0 radical (unpaired) electrons. The van der Waals surface area contributed by atoms with E-state index in [9.17, 15) is 8.42 Å². The molecule has 9 nitrogen and oxygen atoms in total. The Bertz CT molecular complexity index is 1860. The topological polar surface area (TPSA) is 118 Å². The van der Waals surface area contributed by atoms with Crippen LogP contribution in [0.1, 0.15) is 18.4 Å². The SMILES string of the molecule is Cc1ccc2c(NS(=O)(=O)c3ccccc3Cl)cccc2c1Oc1ncccc1-c1ccnc(N[C@@H]2CCCNC2)n1. The third kappa shape index (κ3) is 5.87. The normalized spacial score (nSPS) is 15.3. The van der Waals surface area contributed by atoms with Crippen molar-refractivity contribution in [2.75, 3.05) is 23.1 Å². The smallest absolute Gasteiger partial charge is 0.263 e. The van der Waals surface area contributed by atoms with Crippen molar-refractivity contribution in [3.8, 4) is 22.9 Å². The van der Waals surface area contributed by atoms with E-state index in [1.807, 2.05) is 43.3 Å². The van der Waals surface area contributed by atoms with Crippen LogP contribution in [0.3, 0.4) is 0 Å². The van der Waals surface area contributed by atoms with Crippen molar-refractivity contribution in [2.45, 2.75) is 30.7 Å². The van der Waals surface area contributed by atoms with Gasteiger partial charge in [-0.25, -0.2) is 23.4 Å². The van der Waals surface area contributed by atoms with Crippen LogP contribution in [0, 0.1) is 6.92 Å². The highest BCUT2D eigenvalue weighted by Gasteiger charge is 2.21. The lowest BCUT2D eigenvalue weighted by Crippen LogP contribution is -2.38. The van der Waals surface area contributed by atoms with E-state index in [0.717, 1.165) is 36.9 Å². The summed E-state index contributed by atoms with van der Waals surface area (Å²) in [5.41, 5.74) is 2.64. The number of ether oxygens (including phenoxy) is 1. The van der Waals surface area contributed by atoms with Crippen LogP contribution in [0.2, 0.25) is 5.02 Å². The zero-order valence-corrected chi connectivity index (χ0v) is 24.4. The number of fused-ring (bicyclic) bond motifs is 1. The number of hydrogen-bond donors (Lipinski definition) is 3. The summed E-state index contributed by atoms with van der Waals surface area (Å²) >= 11 is 6.19. The highest BCUT2D eigenvalue weighted by Crippen LogP contribution is 2.39. The summed E-state index contributed by atoms with van der Waals surface area (Å²) in [6.07, 6.45) is 5.54. The largest absolute Gasteiger partial charge is 0.437 e. The molecular formula is C31H29ClN6O3S. The Morgan fingerprint density at radius 1 is 0.952 bits per heavy atom. The molecule has 5 aromatic rings. The van der Waals surface area contributed by atoms with Crippen LogP contribution in [0.15, 0.2) is 90.1 Å². The summed E-state index contributed by atoms with van der Waals surface area (Å²) in [5.74, 6) is 1.49. The van der Waals surface area contributed by atoms with Crippen LogP contribution in [-0.4, -0.2) is 42.5 Å². The van der Waals surface area contributed by atoms with Crippen LogP contribution in [0.5, 0.6) is 11.6 Å². The first-order valence-electron chi connectivity index (χ1n) is 13.6. The number of rotatable bonds is 8. The van der Waals surface area contributed by atoms with Crippen LogP contribution >= 0.6 is 11.6 Å². The van der Waals surface area contributed by atoms with Crippen molar-refractivity contribution in [3.05, 3.63) is 95.8 Å². The fourth-order valence-corrected chi connectivity index (χ4v) is 6.63. The minimum atomic E-state index is -3.93. The van der Waals surface area contributed by atoms with Crippen molar-refractivity contribution < 1.29 is 13.2 Å². The number of hydrogen-bond acceptors (Lipinski definition) is 8. The molecule has 11 heteroatoms. The van der Waals surface area contributed by atoms with E-state index in [1.165, 1.54) is 6.07 Å². The predicted molar refractivity (Wildman–Crippen MR) is 166 cm³/mol. The van der Waals surface area contributed by atoms with E-state index in [-0.39, 0.29) is 16.0 Å². The predicted octanol–water partition coefficient (Wildman–Crippen LogP) is 6.41. The molecule has 0 unspecified atom stereocenters. The van der Waals surface area contributed by atoms with Gasteiger partial charge in [0.25, 0.3) is 10.0 Å². The van der Waals surface area contributed by atoms with E-state index in [1.54, 1.807) is 42.7 Å². The van der Waals surface area contributed by atoms with E-state index in [0.29, 0.717) is 39.9 Å². The molecule has 1 aliphatic heterocycles. The van der Waals surface area contributed by atoms with Crippen LogP contribution in [0.25, 0.3) is 22.0 Å². The maximum atomic E-state index is 13.2. The number of benzene rings is 3. The average molecular weight is 601 g/mol. The number of pyridine rings is 1. The monoisotopic (exact) mass is 600 g/mol. The van der Waals surface area contributed by atoms with E-state index < -0.39 is 10.0 Å². The van der Waals surface area contributed by atoms with Gasteiger partial charge in [0.15, 0.2) is 0 Å². The van der Waals surface area contributed by atoms with Crippen LogP contribution in [0.4, 0.5) is 11.6 Å². The Kier molecular flexibility index (Phi) is 7.92. The van der Waals surface area contributed by atoms with Gasteiger partial charge >= 0.3 is 0 Å². The molecule has 2 aromatic heterocycles. The summed E-state index contributed by atoms with van der Waals surface area (Å²) in [7, 11) is -3.93. The summed E-state index contributed by atoms with van der Waals surface area (Å²) in [5, 5.41) is 8.35. The molecule has 214 valence electrons. The zero-order valence-electron chi connectivity index (χ0n) is 22.8. The van der Waals surface area contributed by atoms with Crippen LogP contribution in [-0.2, 0) is 10.0 Å².